The predicted octanol–water partition coefficient (Wildman–Crippen LogP) is 1.22. The van der Waals surface area contributed by atoms with Crippen LogP contribution < -0.4 is 5.32 Å². The van der Waals surface area contributed by atoms with Crippen molar-refractivity contribution >= 4 is 6.09 Å². The Morgan fingerprint density at radius 3 is 2.71 bits per heavy atom. The largest absolute Gasteiger partial charge is 0.448 e. The molecule has 0 aromatic carbocycles. The molecule has 0 atom stereocenters. The molecule has 0 aromatic rings. The van der Waals surface area contributed by atoms with Gasteiger partial charge >= 0.3 is 6.09 Å². The Kier molecular flexibility index (Phi) is 5.37. The molecule has 1 aliphatic rings. The number of nitrogens with zero attached hydrogens (tertiary/aromatic N) is 1. The van der Waals surface area contributed by atoms with Crippen molar-refractivity contribution < 1.29 is 9.53 Å². The van der Waals surface area contributed by atoms with Gasteiger partial charge in [0, 0.05) is 19.6 Å². The van der Waals surface area contributed by atoms with E-state index < -0.39 is 0 Å². The zero-order chi connectivity index (χ0) is 10.2. The van der Waals surface area contributed by atoms with Crippen molar-refractivity contribution in [2.24, 2.45) is 0 Å². The van der Waals surface area contributed by atoms with Crippen molar-refractivity contribution in [3.8, 4) is 0 Å². The molecule has 4 heteroatoms. The van der Waals surface area contributed by atoms with E-state index in [0.717, 1.165) is 45.4 Å². The van der Waals surface area contributed by atoms with Crippen molar-refractivity contribution in [3.63, 3.8) is 0 Å². The Labute approximate surface area is 85.6 Å². The lowest BCUT2D eigenvalue weighted by Gasteiger charge is -2.14. The van der Waals surface area contributed by atoms with Gasteiger partial charge in [0.05, 0.1) is 0 Å². The van der Waals surface area contributed by atoms with Crippen LogP contribution in [0, 0.1) is 0 Å². The number of amides is 1. The van der Waals surface area contributed by atoms with Crippen LogP contribution in [0.5, 0.6) is 0 Å². The highest BCUT2D eigenvalue weighted by Gasteiger charge is 2.18. The third-order valence-corrected chi connectivity index (χ3v) is 2.30. The van der Waals surface area contributed by atoms with Crippen LogP contribution in [0.2, 0.25) is 0 Å². The number of rotatable bonds is 5. The van der Waals surface area contributed by atoms with E-state index in [0.29, 0.717) is 6.61 Å². The van der Waals surface area contributed by atoms with Gasteiger partial charge in [-0.3, -0.25) is 0 Å². The maximum atomic E-state index is 11.4. The molecule has 14 heavy (non-hydrogen) atoms. The molecule has 0 aromatic heterocycles. The Morgan fingerprint density at radius 1 is 1.36 bits per heavy atom. The lowest BCUT2D eigenvalue weighted by atomic mass is 10.4. The second-order valence-electron chi connectivity index (χ2n) is 3.56. The van der Waals surface area contributed by atoms with Crippen LogP contribution in [0.3, 0.4) is 0 Å². The van der Waals surface area contributed by atoms with E-state index in [1.165, 1.54) is 0 Å². The highest BCUT2D eigenvalue weighted by Crippen LogP contribution is 2.08. The molecular formula is C10H20N2O2. The summed E-state index contributed by atoms with van der Waals surface area (Å²) in [5.74, 6) is 0. The van der Waals surface area contributed by atoms with Crippen LogP contribution >= 0.6 is 0 Å². The number of likely N-dealkylation sites (tertiary alicyclic amines) is 1. The molecular weight excluding hydrogens is 180 g/mol. The lowest BCUT2D eigenvalue weighted by molar-refractivity contribution is 0.111. The minimum Gasteiger partial charge on any atom is -0.448 e. The third-order valence-electron chi connectivity index (χ3n) is 2.30. The zero-order valence-electron chi connectivity index (χ0n) is 8.92. The third kappa shape index (κ3) is 3.96. The molecule has 1 aliphatic heterocycles. The fourth-order valence-electron chi connectivity index (χ4n) is 1.50. The van der Waals surface area contributed by atoms with Crippen LogP contribution in [0.4, 0.5) is 4.79 Å². The van der Waals surface area contributed by atoms with E-state index >= 15 is 0 Å². The summed E-state index contributed by atoms with van der Waals surface area (Å²) in [6, 6.07) is 0. The molecule has 1 rings (SSSR count). The van der Waals surface area contributed by atoms with Gasteiger partial charge in [0.15, 0.2) is 0 Å². The molecule has 0 saturated carbocycles. The molecule has 4 nitrogen and oxygen atoms in total. The summed E-state index contributed by atoms with van der Waals surface area (Å²) < 4.78 is 5.10. The normalized spacial score (nSPS) is 15.9. The van der Waals surface area contributed by atoms with Crippen molar-refractivity contribution in [2.75, 3.05) is 32.8 Å². The Hall–Kier alpha value is -0.770. The van der Waals surface area contributed by atoms with E-state index in [1.807, 2.05) is 0 Å². The van der Waals surface area contributed by atoms with E-state index in [-0.39, 0.29) is 6.09 Å². The summed E-state index contributed by atoms with van der Waals surface area (Å²) in [6.45, 7) is 6.07. The first-order valence-corrected chi connectivity index (χ1v) is 5.47. The molecule has 0 aliphatic carbocycles. The average molecular weight is 200 g/mol. The van der Waals surface area contributed by atoms with Gasteiger partial charge in [-0.2, -0.15) is 0 Å². The molecule has 0 spiro atoms. The molecule has 1 saturated heterocycles. The number of hydrogen-bond acceptors (Lipinski definition) is 3. The fraction of sp³-hybridized carbons (Fsp3) is 0.900. The fourth-order valence-corrected chi connectivity index (χ4v) is 1.50. The van der Waals surface area contributed by atoms with Gasteiger partial charge in [-0.15, -0.1) is 0 Å². The van der Waals surface area contributed by atoms with Crippen molar-refractivity contribution in [1.82, 2.24) is 10.2 Å². The second-order valence-corrected chi connectivity index (χ2v) is 3.56. The lowest BCUT2D eigenvalue weighted by Crippen LogP contribution is -2.31. The van der Waals surface area contributed by atoms with Gasteiger partial charge in [-0.25, -0.2) is 4.79 Å². The van der Waals surface area contributed by atoms with E-state index in [4.69, 9.17) is 4.74 Å². The predicted molar refractivity (Wildman–Crippen MR) is 55.3 cm³/mol. The molecule has 1 N–H and O–H groups in total. The second kappa shape index (κ2) is 6.65. The van der Waals surface area contributed by atoms with Crippen LogP contribution in [-0.2, 0) is 4.74 Å². The summed E-state index contributed by atoms with van der Waals surface area (Å²) in [7, 11) is 0. The molecule has 0 unspecified atom stereocenters. The molecule has 0 radical (unpaired) electrons. The SMILES string of the molecule is CCCNCCOC(=O)N1CCCC1. The average Bonchev–Trinajstić information content (AvgIpc) is 2.70. The van der Waals surface area contributed by atoms with Crippen LogP contribution in [0.15, 0.2) is 0 Å². The highest BCUT2D eigenvalue weighted by molar-refractivity contribution is 5.67. The minimum absolute atomic E-state index is 0.152. The molecule has 1 amide bonds. The summed E-state index contributed by atoms with van der Waals surface area (Å²) in [5.41, 5.74) is 0. The first kappa shape index (κ1) is 11.3. The van der Waals surface area contributed by atoms with Gasteiger partial charge in [0.1, 0.15) is 6.61 Å². The Bertz CT molecular complexity index is 168. The van der Waals surface area contributed by atoms with Crippen molar-refractivity contribution in [2.45, 2.75) is 26.2 Å². The van der Waals surface area contributed by atoms with Gasteiger partial charge < -0.3 is 15.0 Å². The van der Waals surface area contributed by atoms with E-state index in [9.17, 15) is 4.79 Å². The van der Waals surface area contributed by atoms with Crippen molar-refractivity contribution in [3.05, 3.63) is 0 Å². The number of carbonyl (C=O) groups excluding carboxylic acids is 1. The summed E-state index contributed by atoms with van der Waals surface area (Å²) in [4.78, 5) is 13.1. The van der Waals surface area contributed by atoms with Crippen LogP contribution in [0.25, 0.3) is 0 Å². The maximum absolute atomic E-state index is 11.4. The van der Waals surface area contributed by atoms with Crippen LogP contribution in [0.1, 0.15) is 26.2 Å². The van der Waals surface area contributed by atoms with Crippen LogP contribution in [-0.4, -0.2) is 43.8 Å². The van der Waals surface area contributed by atoms with E-state index in [2.05, 4.69) is 12.2 Å². The summed E-state index contributed by atoms with van der Waals surface area (Å²) >= 11 is 0. The minimum atomic E-state index is -0.152. The van der Waals surface area contributed by atoms with Gasteiger partial charge in [-0.1, -0.05) is 6.92 Å². The van der Waals surface area contributed by atoms with Gasteiger partial charge in [0.2, 0.25) is 0 Å². The highest BCUT2D eigenvalue weighted by atomic mass is 16.6. The first-order valence-electron chi connectivity index (χ1n) is 5.47. The van der Waals surface area contributed by atoms with Gasteiger partial charge in [0.25, 0.3) is 0 Å². The zero-order valence-corrected chi connectivity index (χ0v) is 8.92. The molecule has 1 heterocycles. The monoisotopic (exact) mass is 200 g/mol. The number of nitrogens with one attached hydrogen (secondary N) is 1. The maximum Gasteiger partial charge on any atom is 0.409 e. The quantitative estimate of drug-likeness (QED) is 0.678. The first-order chi connectivity index (χ1) is 6.84. The smallest absolute Gasteiger partial charge is 0.409 e. The number of hydrogen-bond donors (Lipinski definition) is 1. The molecule has 0 bridgehead atoms. The van der Waals surface area contributed by atoms with Crippen molar-refractivity contribution in [1.29, 1.82) is 0 Å². The van der Waals surface area contributed by atoms with E-state index in [1.54, 1.807) is 4.90 Å². The van der Waals surface area contributed by atoms with Gasteiger partial charge in [-0.05, 0) is 25.8 Å². The number of ether oxygens (including phenoxy) is 1. The topological polar surface area (TPSA) is 41.6 Å². The molecule has 82 valence electrons. The standard InChI is InChI=1S/C10H20N2O2/c1-2-5-11-6-9-14-10(13)12-7-3-4-8-12/h11H,2-9H2,1H3. The summed E-state index contributed by atoms with van der Waals surface area (Å²) in [5, 5.41) is 3.19. The summed E-state index contributed by atoms with van der Waals surface area (Å²) in [6.07, 6.45) is 3.19. The number of carbonyl (C=O) groups is 1. The Balaban J connectivity index is 1.97. The Morgan fingerprint density at radius 2 is 2.07 bits per heavy atom. The molecule has 1 fully saturated rings.